The molecule has 6 nitrogen and oxygen atoms in total. The van der Waals surface area contributed by atoms with E-state index in [1.165, 1.54) is 6.20 Å². The number of rotatable bonds is 1. The van der Waals surface area contributed by atoms with Crippen molar-refractivity contribution in [3.05, 3.63) is 33.9 Å². The maximum absolute atomic E-state index is 13.8. The Morgan fingerprint density at radius 2 is 2.30 bits per heavy atom. The number of nitrogens with zero attached hydrogens (tertiary/aromatic N) is 1. The lowest BCUT2D eigenvalue weighted by molar-refractivity contribution is 0.0694. The summed E-state index contributed by atoms with van der Waals surface area (Å²) in [7, 11) is 0. The minimum atomic E-state index is -1.35. The first-order valence-corrected chi connectivity index (χ1v) is 5.94. The molecule has 0 saturated heterocycles. The first-order chi connectivity index (χ1) is 9.41. The number of nitrogen functional groups attached to an aromatic ring is 1. The molecular formula is C13H11FN2O4. The fraction of sp³-hybridized carbons (Fsp3) is 0.231. The molecule has 2 heterocycles. The number of anilines is 1. The van der Waals surface area contributed by atoms with Crippen LogP contribution in [0.4, 0.5) is 10.1 Å². The van der Waals surface area contributed by atoms with E-state index < -0.39 is 22.8 Å². The van der Waals surface area contributed by atoms with Gasteiger partial charge in [-0.3, -0.25) is 4.79 Å². The maximum atomic E-state index is 13.8. The Morgan fingerprint density at radius 3 is 2.95 bits per heavy atom. The lowest BCUT2D eigenvalue weighted by Gasteiger charge is -2.27. The van der Waals surface area contributed by atoms with Crippen LogP contribution in [0.3, 0.4) is 0 Å². The molecule has 1 aliphatic heterocycles. The van der Waals surface area contributed by atoms with Gasteiger partial charge in [0.1, 0.15) is 17.9 Å². The van der Waals surface area contributed by atoms with Gasteiger partial charge < -0.3 is 20.1 Å². The Hall–Kier alpha value is -2.57. The Kier molecular flexibility index (Phi) is 2.47. The molecule has 0 aliphatic carbocycles. The van der Waals surface area contributed by atoms with Crippen molar-refractivity contribution in [3.8, 4) is 5.75 Å². The fourth-order valence-corrected chi connectivity index (χ4v) is 2.40. The second kappa shape index (κ2) is 3.96. The molecule has 7 heteroatoms. The van der Waals surface area contributed by atoms with E-state index in [4.69, 9.17) is 15.6 Å². The third-order valence-electron chi connectivity index (χ3n) is 3.43. The first kappa shape index (κ1) is 12.5. The second-order valence-corrected chi connectivity index (χ2v) is 4.74. The van der Waals surface area contributed by atoms with E-state index >= 15 is 0 Å². The number of ether oxygens (including phenoxy) is 1. The van der Waals surface area contributed by atoms with Gasteiger partial charge in [-0.05, 0) is 13.0 Å². The predicted molar refractivity (Wildman–Crippen MR) is 69.7 cm³/mol. The smallest absolute Gasteiger partial charge is 0.341 e. The molecule has 104 valence electrons. The number of carboxylic acid groups (broad SMARTS) is 1. The van der Waals surface area contributed by atoms with Crippen molar-refractivity contribution in [2.75, 3.05) is 12.3 Å². The SMILES string of the molecule is C[C@H]1COc2c(N)c(F)cc3c(=O)c(C(=O)O)cn1c23. The van der Waals surface area contributed by atoms with Gasteiger partial charge in [0.25, 0.3) is 0 Å². The number of carbonyl (C=O) groups is 1. The third-order valence-corrected chi connectivity index (χ3v) is 3.43. The summed E-state index contributed by atoms with van der Waals surface area (Å²) >= 11 is 0. The van der Waals surface area contributed by atoms with Gasteiger partial charge in [0.15, 0.2) is 11.6 Å². The van der Waals surface area contributed by atoms with Gasteiger partial charge in [0.05, 0.1) is 16.9 Å². The summed E-state index contributed by atoms with van der Waals surface area (Å²) in [5, 5.41) is 9.04. The van der Waals surface area contributed by atoms with E-state index in [-0.39, 0.29) is 29.5 Å². The molecular weight excluding hydrogens is 267 g/mol. The van der Waals surface area contributed by atoms with Crippen LogP contribution in [0.1, 0.15) is 23.3 Å². The van der Waals surface area contributed by atoms with Gasteiger partial charge in [-0.1, -0.05) is 0 Å². The minimum absolute atomic E-state index is 0.0434. The molecule has 20 heavy (non-hydrogen) atoms. The summed E-state index contributed by atoms with van der Waals surface area (Å²) in [5.74, 6) is -2.06. The largest absolute Gasteiger partial charge is 0.487 e. The van der Waals surface area contributed by atoms with Crippen molar-refractivity contribution in [1.29, 1.82) is 0 Å². The molecule has 0 saturated carbocycles. The molecule has 0 amide bonds. The standard InChI is InChI=1S/C13H11FN2O4/c1-5-4-20-12-9(15)8(14)2-6-10(12)16(5)3-7(11(6)17)13(18)19/h2-3,5H,4,15H2,1H3,(H,18,19)/t5-/m0/s1. The highest BCUT2D eigenvalue weighted by molar-refractivity contribution is 5.96. The van der Waals surface area contributed by atoms with Gasteiger partial charge in [-0.2, -0.15) is 0 Å². The van der Waals surface area contributed by atoms with Crippen molar-refractivity contribution in [1.82, 2.24) is 4.57 Å². The number of nitrogens with two attached hydrogens (primary N) is 1. The van der Waals surface area contributed by atoms with Crippen molar-refractivity contribution >= 4 is 22.6 Å². The van der Waals surface area contributed by atoms with Crippen molar-refractivity contribution in [2.45, 2.75) is 13.0 Å². The van der Waals surface area contributed by atoms with Crippen LogP contribution in [0, 0.1) is 5.82 Å². The second-order valence-electron chi connectivity index (χ2n) is 4.74. The molecule has 2 aromatic rings. The van der Waals surface area contributed by atoms with Crippen molar-refractivity contribution < 1.29 is 19.0 Å². The zero-order valence-electron chi connectivity index (χ0n) is 10.5. The highest BCUT2D eigenvalue weighted by Crippen LogP contribution is 2.37. The van der Waals surface area contributed by atoms with Gasteiger partial charge in [-0.15, -0.1) is 0 Å². The number of aromatic nitrogens is 1. The van der Waals surface area contributed by atoms with Gasteiger partial charge in [0, 0.05) is 6.20 Å². The zero-order chi connectivity index (χ0) is 14.6. The molecule has 0 radical (unpaired) electrons. The van der Waals surface area contributed by atoms with E-state index in [1.807, 2.05) is 0 Å². The third kappa shape index (κ3) is 1.49. The number of hydrogen-bond donors (Lipinski definition) is 2. The van der Waals surface area contributed by atoms with Crippen LogP contribution < -0.4 is 15.9 Å². The molecule has 1 aromatic carbocycles. The number of hydrogen-bond acceptors (Lipinski definition) is 4. The maximum Gasteiger partial charge on any atom is 0.341 e. The normalized spacial score (nSPS) is 17.0. The summed E-state index contributed by atoms with van der Waals surface area (Å²) in [6.45, 7) is 2.02. The average molecular weight is 278 g/mol. The summed E-state index contributed by atoms with van der Waals surface area (Å²) in [4.78, 5) is 23.3. The molecule has 0 unspecified atom stereocenters. The Balaban J connectivity index is 2.57. The predicted octanol–water partition coefficient (Wildman–Crippen LogP) is 1.37. The minimum Gasteiger partial charge on any atom is -0.487 e. The number of carboxylic acids is 1. The van der Waals surface area contributed by atoms with Crippen LogP contribution in [-0.4, -0.2) is 22.2 Å². The van der Waals surface area contributed by atoms with Gasteiger partial charge >= 0.3 is 5.97 Å². The topological polar surface area (TPSA) is 94.6 Å². The molecule has 0 spiro atoms. The monoisotopic (exact) mass is 278 g/mol. The molecule has 1 aromatic heterocycles. The van der Waals surface area contributed by atoms with Crippen molar-refractivity contribution in [2.24, 2.45) is 0 Å². The number of aromatic carboxylic acids is 1. The molecule has 0 bridgehead atoms. The van der Waals surface area contributed by atoms with E-state index in [2.05, 4.69) is 0 Å². The van der Waals surface area contributed by atoms with Crippen molar-refractivity contribution in [3.63, 3.8) is 0 Å². The van der Waals surface area contributed by atoms with E-state index in [1.54, 1.807) is 11.5 Å². The summed E-state index contributed by atoms with van der Waals surface area (Å²) in [6.07, 6.45) is 1.25. The van der Waals surface area contributed by atoms with E-state index in [0.717, 1.165) is 6.07 Å². The van der Waals surface area contributed by atoms with Crippen LogP contribution in [0.15, 0.2) is 17.1 Å². The van der Waals surface area contributed by atoms with Crippen LogP contribution in [0.25, 0.3) is 10.9 Å². The van der Waals surface area contributed by atoms with E-state index in [9.17, 15) is 14.0 Å². The van der Waals surface area contributed by atoms with Gasteiger partial charge in [-0.25, -0.2) is 9.18 Å². The fourth-order valence-electron chi connectivity index (χ4n) is 2.40. The highest BCUT2D eigenvalue weighted by atomic mass is 19.1. The average Bonchev–Trinajstić information content (AvgIpc) is 2.39. The lowest BCUT2D eigenvalue weighted by atomic mass is 10.1. The molecule has 3 N–H and O–H groups in total. The summed E-state index contributed by atoms with van der Waals surface area (Å²) in [6, 6.07) is 0.773. The molecule has 3 rings (SSSR count). The molecule has 0 fully saturated rings. The summed E-state index contributed by atoms with van der Waals surface area (Å²) < 4.78 is 20.8. The van der Waals surface area contributed by atoms with Gasteiger partial charge in [0.2, 0.25) is 5.43 Å². The number of pyridine rings is 1. The number of benzene rings is 1. The van der Waals surface area contributed by atoms with Crippen LogP contribution in [0.5, 0.6) is 5.75 Å². The van der Waals surface area contributed by atoms with E-state index in [0.29, 0.717) is 5.52 Å². The zero-order valence-corrected chi connectivity index (χ0v) is 10.5. The van der Waals surface area contributed by atoms with Crippen LogP contribution in [0.2, 0.25) is 0 Å². The Morgan fingerprint density at radius 1 is 1.60 bits per heavy atom. The summed E-state index contributed by atoms with van der Waals surface area (Å²) in [5.41, 5.74) is 4.62. The van der Waals surface area contributed by atoms with Crippen LogP contribution >= 0.6 is 0 Å². The lowest BCUT2D eigenvalue weighted by Crippen LogP contribution is -2.27. The Labute approximate surface area is 112 Å². The highest BCUT2D eigenvalue weighted by Gasteiger charge is 2.26. The Bertz CT molecular complexity index is 812. The number of halogens is 1. The molecule has 1 atom stereocenters. The first-order valence-electron chi connectivity index (χ1n) is 5.94. The quantitative estimate of drug-likeness (QED) is 0.768. The molecule has 1 aliphatic rings. The van der Waals surface area contributed by atoms with Crippen LogP contribution in [-0.2, 0) is 0 Å².